The fraction of sp³-hybridized carbons (Fsp3) is 0.857. The van der Waals surface area contributed by atoms with Crippen molar-refractivity contribution in [1.29, 1.82) is 0 Å². The van der Waals surface area contributed by atoms with Crippen LogP contribution in [0.1, 0.15) is 51.8 Å². The molecule has 1 aliphatic rings. The molecule has 0 spiro atoms. The molecule has 1 N–H and O–H groups in total. The van der Waals surface area contributed by atoms with Crippen LogP contribution in [-0.2, 0) is 6.42 Å². The number of nitrogens with zero attached hydrogens (tertiary/aromatic N) is 3. The van der Waals surface area contributed by atoms with Gasteiger partial charge in [0.1, 0.15) is 0 Å². The molecule has 2 heterocycles. The minimum absolute atomic E-state index is 0.439. The SMILES string of the molecule is CCCNC(CC)Cc1nc(N2CCCCC2)no1. The molecular weight excluding hydrogens is 240 g/mol. The predicted octanol–water partition coefficient (Wildman–Crippen LogP) is 2.38. The molecule has 0 amide bonds. The Kier molecular flexibility index (Phi) is 5.63. The summed E-state index contributed by atoms with van der Waals surface area (Å²) in [6, 6.07) is 0.439. The van der Waals surface area contributed by atoms with Crippen molar-refractivity contribution in [2.75, 3.05) is 24.5 Å². The number of rotatable bonds is 7. The molecule has 1 aromatic heterocycles. The van der Waals surface area contributed by atoms with E-state index in [-0.39, 0.29) is 0 Å². The van der Waals surface area contributed by atoms with Gasteiger partial charge in [-0.2, -0.15) is 4.98 Å². The zero-order chi connectivity index (χ0) is 13.5. The molecule has 1 aliphatic heterocycles. The lowest BCUT2D eigenvalue weighted by Crippen LogP contribution is -2.31. The van der Waals surface area contributed by atoms with Crippen LogP contribution in [0.15, 0.2) is 4.52 Å². The van der Waals surface area contributed by atoms with Gasteiger partial charge < -0.3 is 14.7 Å². The van der Waals surface area contributed by atoms with Crippen molar-refractivity contribution in [2.24, 2.45) is 0 Å². The fourth-order valence-electron chi connectivity index (χ4n) is 2.47. The van der Waals surface area contributed by atoms with Crippen LogP contribution in [0.2, 0.25) is 0 Å². The van der Waals surface area contributed by atoms with Gasteiger partial charge in [-0.3, -0.25) is 0 Å². The van der Waals surface area contributed by atoms with Crippen LogP contribution < -0.4 is 10.2 Å². The molecule has 0 radical (unpaired) electrons. The van der Waals surface area contributed by atoms with Gasteiger partial charge in [-0.15, -0.1) is 0 Å². The summed E-state index contributed by atoms with van der Waals surface area (Å²) in [6.45, 7) is 7.54. The van der Waals surface area contributed by atoms with Gasteiger partial charge >= 0.3 is 0 Å². The maximum Gasteiger partial charge on any atom is 0.266 e. The molecule has 2 rings (SSSR count). The Morgan fingerprint density at radius 2 is 2.05 bits per heavy atom. The van der Waals surface area contributed by atoms with Gasteiger partial charge in [-0.25, -0.2) is 0 Å². The van der Waals surface area contributed by atoms with E-state index in [4.69, 9.17) is 4.52 Å². The molecule has 0 aromatic carbocycles. The molecule has 19 heavy (non-hydrogen) atoms. The first-order valence-electron chi connectivity index (χ1n) is 7.64. The van der Waals surface area contributed by atoms with Gasteiger partial charge in [0.15, 0.2) is 0 Å². The minimum atomic E-state index is 0.439. The molecule has 5 heteroatoms. The second kappa shape index (κ2) is 7.48. The van der Waals surface area contributed by atoms with Crippen LogP contribution in [0.3, 0.4) is 0 Å². The molecule has 0 bridgehead atoms. The number of hydrogen-bond acceptors (Lipinski definition) is 5. The monoisotopic (exact) mass is 266 g/mol. The van der Waals surface area contributed by atoms with E-state index in [1.807, 2.05) is 0 Å². The zero-order valence-electron chi connectivity index (χ0n) is 12.2. The van der Waals surface area contributed by atoms with Gasteiger partial charge in [-0.1, -0.05) is 13.8 Å². The number of nitrogens with one attached hydrogen (secondary N) is 1. The normalized spacial score (nSPS) is 17.7. The molecule has 0 aliphatic carbocycles. The topological polar surface area (TPSA) is 54.2 Å². The average molecular weight is 266 g/mol. The third kappa shape index (κ3) is 4.20. The summed E-state index contributed by atoms with van der Waals surface area (Å²) in [4.78, 5) is 6.77. The standard InChI is InChI=1S/C14H26N4O/c1-3-8-15-12(4-2)11-13-16-14(17-19-13)18-9-6-5-7-10-18/h12,15H,3-11H2,1-2H3. The first-order chi connectivity index (χ1) is 9.33. The van der Waals surface area contributed by atoms with Crippen molar-refractivity contribution >= 4 is 5.95 Å². The molecule has 1 fully saturated rings. The van der Waals surface area contributed by atoms with Crippen molar-refractivity contribution in [3.63, 3.8) is 0 Å². The minimum Gasteiger partial charge on any atom is -0.338 e. The number of anilines is 1. The highest BCUT2D eigenvalue weighted by Crippen LogP contribution is 2.17. The van der Waals surface area contributed by atoms with Gasteiger partial charge in [0.05, 0.1) is 0 Å². The van der Waals surface area contributed by atoms with Crippen molar-refractivity contribution in [1.82, 2.24) is 15.5 Å². The van der Waals surface area contributed by atoms with Gasteiger partial charge in [-0.05, 0) is 43.8 Å². The van der Waals surface area contributed by atoms with E-state index in [0.717, 1.165) is 50.7 Å². The zero-order valence-corrected chi connectivity index (χ0v) is 12.2. The highest BCUT2D eigenvalue weighted by molar-refractivity contribution is 5.28. The van der Waals surface area contributed by atoms with Crippen LogP contribution in [0.5, 0.6) is 0 Å². The summed E-state index contributed by atoms with van der Waals surface area (Å²) in [5, 5.41) is 7.63. The Morgan fingerprint density at radius 1 is 1.26 bits per heavy atom. The lowest BCUT2D eigenvalue weighted by atomic mass is 10.1. The molecule has 1 atom stereocenters. The lowest BCUT2D eigenvalue weighted by Gasteiger charge is -2.24. The van der Waals surface area contributed by atoms with E-state index in [1.165, 1.54) is 19.3 Å². The van der Waals surface area contributed by atoms with Crippen LogP contribution >= 0.6 is 0 Å². The first-order valence-corrected chi connectivity index (χ1v) is 7.64. The Bertz CT molecular complexity index is 360. The molecule has 1 saturated heterocycles. The van der Waals surface area contributed by atoms with E-state index in [1.54, 1.807) is 0 Å². The van der Waals surface area contributed by atoms with E-state index >= 15 is 0 Å². The van der Waals surface area contributed by atoms with Crippen LogP contribution in [0.4, 0.5) is 5.95 Å². The molecule has 1 aromatic rings. The second-order valence-corrected chi connectivity index (χ2v) is 5.30. The Balaban J connectivity index is 1.88. The quantitative estimate of drug-likeness (QED) is 0.821. The van der Waals surface area contributed by atoms with E-state index in [0.29, 0.717) is 6.04 Å². The van der Waals surface area contributed by atoms with Gasteiger partial charge in [0.2, 0.25) is 5.89 Å². The predicted molar refractivity (Wildman–Crippen MR) is 76.4 cm³/mol. The lowest BCUT2D eigenvalue weighted by molar-refractivity contribution is 0.352. The van der Waals surface area contributed by atoms with Gasteiger partial charge in [0.25, 0.3) is 5.95 Å². The van der Waals surface area contributed by atoms with E-state index < -0.39 is 0 Å². The molecule has 0 saturated carbocycles. The third-order valence-corrected chi connectivity index (χ3v) is 3.69. The fourth-order valence-corrected chi connectivity index (χ4v) is 2.47. The van der Waals surface area contributed by atoms with Crippen molar-refractivity contribution in [2.45, 2.75) is 58.4 Å². The Hall–Kier alpha value is -1.10. The summed E-state index contributed by atoms with van der Waals surface area (Å²) in [6.07, 6.45) is 6.86. The molecular formula is C14H26N4O. The summed E-state index contributed by atoms with van der Waals surface area (Å²) >= 11 is 0. The highest BCUT2D eigenvalue weighted by atomic mass is 16.5. The summed E-state index contributed by atoms with van der Waals surface area (Å²) < 4.78 is 5.39. The number of hydrogen-bond donors (Lipinski definition) is 1. The van der Waals surface area contributed by atoms with Crippen molar-refractivity contribution < 1.29 is 4.52 Å². The Morgan fingerprint density at radius 3 is 2.74 bits per heavy atom. The number of piperidine rings is 1. The molecule has 1 unspecified atom stereocenters. The van der Waals surface area contributed by atoms with E-state index in [9.17, 15) is 0 Å². The third-order valence-electron chi connectivity index (χ3n) is 3.69. The van der Waals surface area contributed by atoms with Crippen molar-refractivity contribution in [3.05, 3.63) is 5.89 Å². The maximum atomic E-state index is 5.39. The largest absolute Gasteiger partial charge is 0.338 e. The number of aromatic nitrogens is 2. The maximum absolute atomic E-state index is 5.39. The summed E-state index contributed by atoms with van der Waals surface area (Å²) in [7, 11) is 0. The average Bonchev–Trinajstić information content (AvgIpc) is 2.93. The summed E-state index contributed by atoms with van der Waals surface area (Å²) in [5.41, 5.74) is 0. The smallest absolute Gasteiger partial charge is 0.266 e. The van der Waals surface area contributed by atoms with Crippen LogP contribution in [0.25, 0.3) is 0 Å². The first kappa shape index (κ1) is 14.3. The van der Waals surface area contributed by atoms with Gasteiger partial charge in [0, 0.05) is 25.6 Å². The van der Waals surface area contributed by atoms with Crippen LogP contribution in [0, 0.1) is 0 Å². The second-order valence-electron chi connectivity index (χ2n) is 5.30. The van der Waals surface area contributed by atoms with Crippen molar-refractivity contribution in [3.8, 4) is 0 Å². The van der Waals surface area contributed by atoms with E-state index in [2.05, 4.69) is 34.2 Å². The molecule has 5 nitrogen and oxygen atoms in total. The summed E-state index contributed by atoms with van der Waals surface area (Å²) in [5.74, 6) is 1.54. The molecule has 108 valence electrons. The highest BCUT2D eigenvalue weighted by Gasteiger charge is 2.18. The van der Waals surface area contributed by atoms with Crippen LogP contribution in [-0.4, -0.2) is 35.8 Å². The Labute approximate surface area is 115 Å².